The number of carbonyl (C=O) groups is 1. The number of nitrogens with zero attached hydrogens (tertiary/aromatic N) is 5. The predicted octanol–water partition coefficient (Wildman–Crippen LogP) is 3.55. The minimum absolute atomic E-state index is 0.0779. The quantitative estimate of drug-likeness (QED) is 0.521. The maximum Gasteiger partial charge on any atom is 0.258 e. The Labute approximate surface area is 163 Å². The number of pyridine rings is 1. The molecule has 6 nitrogen and oxygen atoms in total. The molecular weight excluding hydrogens is 350 g/mol. The van der Waals surface area contributed by atoms with E-state index in [2.05, 4.69) is 27.2 Å². The summed E-state index contributed by atoms with van der Waals surface area (Å²) >= 11 is 0. The van der Waals surface area contributed by atoms with E-state index in [1.165, 1.54) is 16.6 Å². The van der Waals surface area contributed by atoms with Gasteiger partial charge in [-0.05, 0) is 36.2 Å². The summed E-state index contributed by atoms with van der Waals surface area (Å²) in [7, 11) is 0. The Bertz CT molecular complexity index is 1030. The number of benzene rings is 2. The van der Waals surface area contributed by atoms with Crippen LogP contribution in [0, 0.1) is 0 Å². The SMILES string of the molecule is O=C(c1ccnc(-n2cncn2)c1)N(CCc1ccccc1)c1ccccc1. The van der Waals surface area contributed by atoms with E-state index in [0.717, 1.165) is 12.1 Å². The molecule has 0 saturated heterocycles. The van der Waals surface area contributed by atoms with Gasteiger partial charge in [-0.3, -0.25) is 4.79 Å². The minimum Gasteiger partial charge on any atom is -0.308 e. The maximum absolute atomic E-state index is 13.3. The second-order valence-electron chi connectivity index (χ2n) is 6.27. The molecule has 0 aliphatic rings. The third-order valence-electron chi connectivity index (χ3n) is 4.43. The van der Waals surface area contributed by atoms with E-state index in [1.54, 1.807) is 29.6 Å². The van der Waals surface area contributed by atoms with Gasteiger partial charge in [-0.2, -0.15) is 5.10 Å². The van der Waals surface area contributed by atoms with Gasteiger partial charge in [-0.1, -0.05) is 48.5 Å². The Morgan fingerprint density at radius 2 is 1.71 bits per heavy atom. The van der Waals surface area contributed by atoms with Gasteiger partial charge in [-0.15, -0.1) is 0 Å². The molecule has 4 rings (SSSR count). The lowest BCUT2D eigenvalue weighted by Gasteiger charge is -2.23. The van der Waals surface area contributed by atoms with Crippen LogP contribution in [0.1, 0.15) is 15.9 Å². The molecule has 0 bridgehead atoms. The molecule has 6 heteroatoms. The van der Waals surface area contributed by atoms with E-state index < -0.39 is 0 Å². The van der Waals surface area contributed by atoms with Crippen LogP contribution in [0.25, 0.3) is 5.82 Å². The zero-order valence-electron chi connectivity index (χ0n) is 15.2. The summed E-state index contributed by atoms with van der Waals surface area (Å²) in [5.74, 6) is 0.477. The van der Waals surface area contributed by atoms with Crippen LogP contribution in [0.2, 0.25) is 0 Å². The number of carbonyl (C=O) groups excluding carboxylic acids is 1. The van der Waals surface area contributed by atoms with Crippen molar-refractivity contribution in [3.8, 4) is 5.82 Å². The van der Waals surface area contributed by atoms with E-state index in [-0.39, 0.29) is 5.91 Å². The second-order valence-corrected chi connectivity index (χ2v) is 6.27. The molecule has 0 aliphatic carbocycles. The first-order valence-electron chi connectivity index (χ1n) is 9.03. The number of rotatable bonds is 6. The third kappa shape index (κ3) is 3.96. The first-order chi connectivity index (χ1) is 13.8. The van der Waals surface area contributed by atoms with Crippen LogP contribution in [0.4, 0.5) is 5.69 Å². The largest absolute Gasteiger partial charge is 0.308 e. The molecule has 0 radical (unpaired) electrons. The zero-order chi connectivity index (χ0) is 19.2. The monoisotopic (exact) mass is 369 g/mol. The molecule has 0 unspecified atom stereocenters. The summed E-state index contributed by atoms with van der Waals surface area (Å²) in [5, 5.41) is 4.08. The number of aromatic nitrogens is 4. The van der Waals surface area contributed by atoms with Crippen LogP contribution in [-0.2, 0) is 6.42 Å². The molecule has 28 heavy (non-hydrogen) atoms. The van der Waals surface area contributed by atoms with Crippen molar-refractivity contribution in [3.63, 3.8) is 0 Å². The third-order valence-corrected chi connectivity index (χ3v) is 4.43. The van der Waals surface area contributed by atoms with Gasteiger partial charge in [-0.25, -0.2) is 14.6 Å². The Morgan fingerprint density at radius 1 is 0.964 bits per heavy atom. The fraction of sp³-hybridized carbons (Fsp3) is 0.0909. The van der Waals surface area contributed by atoms with Crippen LogP contribution < -0.4 is 4.90 Å². The van der Waals surface area contributed by atoms with E-state index in [9.17, 15) is 4.79 Å². The van der Waals surface area contributed by atoms with Crippen LogP contribution in [-0.4, -0.2) is 32.2 Å². The Kier molecular flexibility index (Phi) is 5.20. The minimum atomic E-state index is -0.0779. The van der Waals surface area contributed by atoms with Crippen LogP contribution in [0.3, 0.4) is 0 Å². The maximum atomic E-state index is 13.3. The van der Waals surface area contributed by atoms with Crippen LogP contribution in [0.5, 0.6) is 0 Å². The predicted molar refractivity (Wildman–Crippen MR) is 107 cm³/mol. The molecule has 2 heterocycles. The van der Waals surface area contributed by atoms with Gasteiger partial charge in [0.2, 0.25) is 0 Å². The van der Waals surface area contributed by atoms with Gasteiger partial charge in [0.1, 0.15) is 12.7 Å². The number of anilines is 1. The highest BCUT2D eigenvalue weighted by Gasteiger charge is 2.18. The first kappa shape index (κ1) is 17.6. The molecule has 0 atom stereocenters. The molecule has 138 valence electrons. The molecule has 1 amide bonds. The smallest absolute Gasteiger partial charge is 0.258 e. The van der Waals surface area contributed by atoms with Crippen molar-refractivity contribution in [2.45, 2.75) is 6.42 Å². The van der Waals surface area contributed by atoms with Crippen molar-refractivity contribution in [1.29, 1.82) is 0 Å². The fourth-order valence-corrected chi connectivity index (χ4v) is 3.00. The molecule has 0 saturated carbocycles. The molecule has 0 fully saturated rings. The number of hydrogen-bond donors (Lipinski definition) is 0. The van der Waals surface area contributed by atoms with Crippen molar-refractivity contribution in [2.24, 2.45) is 0 Å². The summed E-state index contributed by atoms with van der Waals surface area (Å²) in [6.07, 6.45) is 5.38. The van der Waals surface area contributed by atoms with E-state index in [0.29, 0.717) is 17.9 Å². The first-order valence-corrected chi connectivity index (χ1v) is 9.03. The summed E-state index contributed by atoms with van der Waals surface area (Å²) in [5.41, 5.74) is 2.61. The van der Waals surface area contributed by atoms with Gasteiger partial charge in [0.15, 0.2) is 5.82 Å². The Hall–Kier alpha value is -3.80. The Morgan fingerprint density at radius 3 is 2.43 bits per heavy atom. The van der Waals surface area contributed by atoms with Crippen molar-refractivity contribution < 1.29 is 4.79 Å². The van der Waals surface area contributed by atoms with Gasteiger partial charge in [0.25, 0.3) is 5.91 Å². The molecule has 0 N–H and O–H groups in total. The molecule has 4 aromatic rings. The van der Waals surface area contributed by atoms with Crippen molar-refractivity contribution in [1.82, 2.24) is 19.7 Å². The van der Waals surface area contributed by atoms with Crippen molar-refractivity contribution in [2.75, 3.05) is 11.4 Å². The van der Waals surface area contributed by atoms with E-state index >= 15 is 0 Å². The number of hydrogen-bond acceptors (Lipinski definition) is 4. The van der Waals surface area contributed by atoms with E-state index in [1.807, 2.05) is 48.5 Å². The van der Waals surface area contributed by atoms with Crippen LogP contribution >= 0.6 is 0 Å². The summed E-state index contributed by atoms with van der Waals surface area (Å²) < 4.78 is 1.54. The van der Waals surface area contributed by atoms with Gasteiger partial charge >= 0.3 is 0 Å². The van der Waals surface area contributed by atoms with Crippen molar-refractivity contribution >= 4 is 11.6 Å². The zero-order valence-corrected chi connectivity index (χ0v) is 15.2. The highest BCUT2D eigenvalue weighted by molar-refractivity contribution is 6.06. The fourth-order valence-electron chi connectivity index (χ4n) is 3.00. The van der Waals surface area contributed by atoms with E-state index in [4.69, 9.17) is 0 Å². The van der Waals surface area contributed by atoms with Gasteiger partial charge in [0.05, 0.1) is 0 Å². The molecular formula is C22H19N5O. The lowest BCUT2D eigenvalue weighted by atomic mass is 10.1. The average molecular weight is 369 g/mol. The molecule has 0 spiro atoms. The van der Waals surface area contributed by atoms with Crippen LogP contribution in [0.15, 0.2) is 91.6 Å². The van der Waals surface area contributed by atoms with Gasteiger partial charge in [0, 0.05) is 24.0 Å². The van der Waals surface area contributed by atoms with Gasteiger partial charge < -0.3 is 4.90 Å². The lowest BCUT2D eigenvalue weighted by molar-refractivity contribution is 0.0987. The standard InChI is InChI=1S/C22H19N5O/c28-22(19-11-13-24-21(15-19)27-17-23-16-25-27)26(20-9-5-2-6-10-20)14-12-18-7-3-1-4-8-18/h1-11,13,15-17H,12,14H2. The average Bonchev–Trinajstić information content (AvgIpc) is 3.30. The highest BCUT2D eigenvalue weighted by Crippen LogP contribution is 2.18. The summed E-state index contributed by atoms with van der Waals surface area (Å²) in [6, 6.07) is 23.3. The highest BCUT2D eigenvalue weighted by atomic mass is 16.2. The summed E-state index contributed by atoms with van der Waals surface area (Å²) in [4.78, 5) is 23.4. The summed E-state index contributed by atoms with van der Waals surface area (Å²) in [6.45, 7) is 0.577. The molecule has 2 aromatic carbocycles. The molecule has 2 aromatic heterocycles. The lowest BCUT2D eigenvalue weighted by Crippen LogP contribution is -2.33. The second kappa shape index (κ2) is 8.26. The van der Waals surface area contributed by atoms with Crippen molar-refractivity contribution in [3.05, 3.63) is 103 Å². The Balaban J connectivity index is 1.62. The normalized spacial score (nSPS) is 10.6. The number of amides is 1. The number of para-hydroxylation sites is 1. The molecule has 0 aliphatic heterocycles. The topological polar surface area (TPSA) is 63.9 Å².